The molecule has 0 saturated carbocycles. The highest BCUT2D eigenvalue weighted by atomic mass is 35.5. The number of aryl methyl sites for hydroxylation is 1. The lowest BCUT2D eigenvalue weighted by Gasteiger charge is -2.30. The van der Waals surface area contributed by atoms with E-state index < -0.39 is 0 Å². The molecule has 0 aliphatic carbocycles. The Kier molecular flexibility index (Phi) is 11.7. The van der Waals surface area contributed by atoms with Crippen LogP contribution >= 0.6 is 11.6 Å². The summed E-state index contributed by atoms with van der Waals surface area (Å²) in [4.78, 5) is 6.94. The van der Waals surface area contributed by atoms with Gasteiger partial charge in [-0.05, 0) is 73.9 Å². The Morgan fingerprint density at radius 3 is 2.54 bits per heavy atom. The average Bonchev–Trinajstić information content (AvgIpc) is 2.92. The van der Waals surface area contributed by atoms with Crippen LogP contribution in [-0.2, 0) is 13.0 Å². The number of halogens is 1. The minimum atomic E-state index is -0.173. The molecule has 5 nitrogen and oxygen atoms in total. The van der Waals surface area contributed by atoms with Gasteiger partial charge in [-0.2, -0.15) is 0 Å². The van der Waals surface area contributed by atoms with E-state index in [1.54, 1.807) is 7.11 Å². The first-order valence-corrected chi connectivity index (χ1v) is 14.5. The van der Waals surface area contributed by atoms with Crippen LogP contribution in [0.4, 0.5) is 5.69 Å². The van der Waals surface area contributed by atoms with Gasteiger partial charge in [0.05, 0.1) is 24.6 Å². The number of aliphatic imine (C=N–C) groups is 1. The monoisotopic (exact) mass is 551 g/mol. The van der Waals surface area contributed by atoms with Crippen LogP contribution in [0.25, 0.3) is 0 Å². The lowest BCUT2D eigenvalue weighted by molar-refractivity contribution is 0.0789. The molecule has 1 aliphatic heterocycles. The van der Waals surface area contributed by atoms with Gasteiger partial charge in [0.2, 0.25) is 0 Å². The van der Waals surface area contributed by atoms with Gasteiger partial charge < -0.3 is 15.2 Å². The molecule has 1 heterocycles. The van der Waals surface area contributed by atoms with E-state index >= 15 is 0 Å². The van der Waals surface area contributed by atoms with E-state index in [0.29, 0.717) is 5.92 Å². The fraction of sp³-hybridized carbons (Fsp3) is 0.485. The third-order valence-corrected chi connectivity index (χ3v) is 7.80. The van der Waals surface area contributed by atoms with Crippen LogP contribution in [-0.4, -0.2) is 49.1 Å². The van der Waals surface area contributed by atoms with Crippen molar-refractivity contribution < 1.29 is 9.84 Å². The summed E-state index contributed by atoms with van der Waals surface area (Å²) in [7, 11) is 3.51. The second-order valence-electron chi connectivity index (χ2n) is 11.0. The lowest BCUT2D eigenvalue weighted by Crippen LogP contribution is -2.35. The van der Waals surface area contributed by atoms with Crippen molar-refractivity contribution >= 4 is 23.0 Å². The predicted octanol–water partition coefficient (Wildman–Crippen LogP) is 7.64. The molecule has 1 atom stereocenters. The molecule has 2 aromatic rings. The molecule has 212 valence electrons. The number of piperidine rings is 1. The normalized spacial score (nSPS) is 16.4. The summed E-state index contributed by atoms with van der Waals surface area (Å²) < 4.78 is 5.73. The molecular weight excluding hydrogens is 506 g/mol. The molecule has 0 spiro atoms. The Hall–Kier alpha value is -2.60. The molecule has 39 heavy (non-hydrogen) atoms. The number of allylic oxidation sites excluding steroid dienone is 2. The largest absolute Gasteiger partial charge is 0.496 e. The second kappa shape index (κ2) is 14.7. The van der Waals surface area contributed by atoms with Gasteiger partial charge in [-0.3, -0.25) is 9.89 Å². The van der Waals surface area contributed by atoms with Gasteiger partial charge in [-0.25, -0.2) is 0 Å². The van der Waals surface area contributed by atoms with Crippen molar-refractivity contribution in [1.29, 1.82) is 0 Å². The van der Waals surface area contributed by atoms with Crippen molar-refractivity contribution in [1.82, 2.24) is 4.90 Å². The van der Waals surface area contributed by atoms with Gasteiger partial charge >= 0.3 is 0 Å². The summed E-state index contributed by atoms with van der Waals surface area (Å²) in [5.41, 5.74) is 7.49. The Morgan fingerprint density at radius 1 is 1.21 bits per heavy atom. The van der Waals surface area contributed by atoms with E-state index in [0.717, 1.165) is 78.7 Å². The number of ether oxygens (including phenoxy) is 1. The smallest absolute Gasteiger partial charge is 0.125 e. The molecule has 1 fully saturated rings. The maximum Gasteiger partial charge on any atom is 0.125 e. The molecule has 1 unspecified atom stereocenters. The van der Waals surface area contributed by atoms with Crippen LogP contribution in [0.3, 0.4) is 0 Å². The zero-order valence-electron chi connectivity index (χ0n) is 24.6. The Balaban J connectivity index is 1.78. The first kappa shape index (κ1) is 30.9. The van der Waals surface area contributed by atoms with Crippen molar-refractivity contribution in [2.45, 2.75) is 71.9 Å². The fourth-order valence-corrected chi connectivity index (χ4v) is 5.56. The summed E-state index contributed by atoms with van der Waals surface area (Å²) in [6.45, 7) is 15.8. The summed E-state index contributed by atoms with van der Waals surface area (Å²) in [5, 5.41) is 14.0. The average molecular weight is 552 g/mol. The van der Waals surface area contributed by atoms with Gasteiger partial charge in [-0.1, -0.05) is 56.7 Å². The summed E-state index contributed by atoms with van der Waals surface area (Å²) >= 11 is 6.32. The van der Waals surface area contributed by atoms with Crippen LogP contribution in [0.15, 0.2) is 65.3 Å². The zero-order valence-corrected chi connectivity index (χ0v) is 25.3. The van der Waals surface area contributed by atoms with E-state index in [1.807, 2.05) is 19.2 Å². The Bertz CT molecular complexity index is 1180. The Labute approximate surface area is 240 Å². The summed E-state index contributed by atoms with van der Waals surface area (Å²) in [6.07, 6.45) is 5.62. The predicted molar refractivity (Wildman–Crippen MR) is 166 cm³/mol. The number of hydrogen-bond donors (Lipinski definition) is 2. The molecule has 0 bridgehead atoms. The van der Waals surface area contributed by atoms with Gasteiger partial charge in [0, 0.05) is 54.9 Å². The third-order valence-electron chi connectivity index (χ3n) is 7.57. The Morgan fingerprint density at radius 2 is 1.92 bits per heavy atom. The highest BCUT2D eigenvalue weighted by molar-refractivity contribution is 6.30. The topological polar surface area (TPSA) is 57.1 Å². The standard InChI is InChI=1S/C33H46ClN3O2/c1-8-25-19-27(34)10-12-30(25)31(17-22(2)3)23(4)18-32(35-6)24(5)36-28-11-9-26(33(20-28)39-7)21-37-15-13-29(38)14-16-37/h9-12,18-20,22,29,31,36,38H,5,8,13-17,21H2,1-4,6-7H3/b23-18+,35-32?. The number of aliphatic hydroxyl groups excluding tert-OH is 1. The number of rotatable bonds is 12. The fourth-order valence-electron chi connectivity index (χ4n) is 5.36. The zero-order chi connectivity index (χ0) is 28.5. The molecule has 0 radical (unpaired) electrons. The summed E-state index contributed by atoms with van der Waals surface area (Å²) in [5.74, 6) is 1.66. The van der Waals surface area contributed by atoms with Gasteiger partial charge in [0.15, 0.2) is 0 Å². The molecule has 2 N–H and O–H groups in total. The van der Waals surface area contributed by atoms with Crippen molar-refractivity contribution in [3.05, 3.63) is 82.0 Å². The number of anilines is 1. The molecule has 3 rings (SSSR count). The molecule has 0 amide bonds. The number of hydrogen-bond acceptors (Lipinski definition) is 5. The molecule has 1 saturated heterocycles. The maximum atomic E-state index is 9.81. The van der Waals surface area contributed by atoms with Crippen molar-refractivity contribution in [2.24, 2.45) is 10.9 Å². The third kappa shape index (κ3) is 8.69. The number of benzene rings is 2. The van der Waals surface area contributed by atoms with Crippen molar-refractivity contribution in [3.8, 4) is 5.75 Å². The first-order chi connectivity index (χ1) is 18.6. The molecule has 0 aromatic heterocycles. The van der Waals surface area contributed by atoms with E-state index in [-0.39, 0.29) is 12.0 Å². The van der Waals surface area contributed by atoms with Crippen LogP contribution in [0, 0.1) is 5.92 Å². The van der Waals surface area contributed by atoms with Crippen LogP contribution in [0.1, 0.15) is 69.6 Å². The van der Waals surface area contributed by atoms with Crippen LogP contribution in [0.2, 0.25) is 5.02 Å². The molecule has 6 heteroatoms. The van der Waals surface area contributed by atoms with Crippen LogP contribution in [0.5, 0.6) is 5.75 Å². The number of aliphatic hydroxyl groups is 1. The minimum absolute atomic E-state index is 0.173. The van der Waals surface area contributed by atoms with E-state index in [1.165, 1.54) is 16.7 Å². The minimum Gasteiger partial charge on any atom is -0.496 e. The van der Waals surface area contributed by atoms with Gasteiger partial charge in [0.25, 0.3) is 0 Å². The van der Waals surface area contributed by atoms with E-state index in [9.17, 15) is 5.11 Å². The second-order valence-corrected chi connectivity index (χ2v) is 11.4. The summed E-state index contributed by atoms with van der Waals surface area (Å²) in [6, 6.07) is 12.5. The quantitative estimate of drug-likeness (QED) is 0.266. The van der Waals surface area contributed by atoms with Crippen molar-refractivity contribution in [2.75, 3.05) is 32.6 Å². The maximum absolute atomic E-state index is 9.81. The van der Waals surface area contributed by atoms with Crippen LogP contribution < -0.4 is 10.1 Å². The molecule has 1 aliphatic rings. The molecular formula is C33H46ClN3O2. The first-order valence-electron chi connectivity index (χ1n) is 14.1. The van der Waals surface area contributed by atoms with Gasteiger partial charge in [-0.15, -0.1) is 0 Å². The van der Waals surface area contributed by atoms with Gasteiger partial charge in [0.1, 0.15) is 5.75 Å². The lowest BCUT2D eigenvalue weighted by atomic mass is 9.81. The highest BCUT2D eigenvalue weighted by Crippen LogP contribution is 2.35. The number of methoxy groups -OCH3 is 1. The SMILES string of the molecule is C=C(Nc1ccc(CN2CCC(O)CC2)c(OC)c1)C(/C=C(\C)C(CC(C)C)c1ccc(Cl)cc1CC)=NC. The van der Waals surface area contributed by atoms with Crippen molar-refractivity contribution in [3.63, 3.8) is 0 Å². The number of nitrogens with one attached hydrogen (secondary N) is 1. The van der Waals surface area contributed by atoms with E-state index in [2.05, 4.69) is 79.8 Å². The van der Waals surface area contributed by atoms with E-state index in [4.69, 9.17) is 16.3 Å². The molecule has 2 aromatic carbocycles. The number of nitrogens with zero attached hydrogens (tertiary/aromatic N) is 2. The number of likely N-dealkylation sites (tertiary alicyclic amines) is 1. The highest BCUT2D eigenvalue weighted by Gasteiger charge is 2.20.